The minimum atomic E-state index is 0.607. The van der Waals surface area contributed by atoms with Crippen LogP contribution in [0.2, 0.25) is 0 Å². The summed E-state index contributed by atoms with van der Waals surface area (Å²) in [4.78, 5) is 0. The maximum absolute atomic E-state index is 4.43. The van der Waals surface area contributed by atoms with Gasteiger partial charge in [-0.1, -0.05) is 110 Å². The van der Waals surface area contributed by atoms with Crippen molar-refractivity contribution in [1.82, 2.24) is 0 Å². The summed E-state index contributed by atoms with van der Waals surface area (Å²) in [6.45, 7) is 25.4. The summed E-state index contributed by atoms with van der Waals surface area (Å²) in [6.07, 6.45) is 15.3. The Morgan fingerprint density at radius 3 is 1.96 bits per heavy atom. The molecular weight excluding hydrogens is 336 g/mol. The van der Waals surface area contributed by atoms with E-state index < -0.39 is 0 Å². The summed E-state index contributed by atoms with van der Waals surface area (Å²) < 4.78 is 0. The zero-order chi connectivity index (χ0) is 21.7. The molecule has 0 spiro atoms. The highest BCUT2D eigenvalue weighted by atomic mass is 14.3. The van der Waals surface area contributed by atoms with Crippen molar-refractivity contribution in [3.05, 3.63) is 35.5 Å². The minimum Gasteiger partial charge on any atom is -0.0993 e. The average Bonchev–Trinajstić information content (AvgIpc) is 2.68. The van der Waals surface area contributed by atoms with Gasteiger partial charge in [0.1, 0.15) is 0 Å². The van der Waals surface area contributed by atoms with Gasteiger partial charge in [0.15, 0.2) is 0 Å². The van der Waals surface area contributed by atoms with Gasteiger partial charge in [-0.3, -0.25) is 0 Å². The van der Waals surface area contributed by atoms with Gasteiger partial charge in [0.05, 0.1) is 0 Å². The van der Waals surface area contributed by atoms with E-state index in [0.29, 0.717) is 17.8 Å². The Bertz CT molecular complexity index is 476. The Kier molecular flexibility index (Phi) is 14.7. The minimum absolute atomic E-state index is 0.607. The Hall–Kier alpha value is -0.780. The second-order valence-corrected chi connectivity index (χ2v) is 9.71. The second kappa shape index (κ2) is 15.1. The van der Waals surface area contributed by atoms with Crippen molar-refractivity contribution in [1.29, 1.82) is 0 Å². The Balaban J connectivity index is 4.83. The molecule has 28 heavy (non-hydrogen) atoms. The fourth-order valence-corrected chi connectivity index (χ4v) is 4.06. The molecule has 4 unspecified atom stereocenters. The van der Waals surface area contributed by atoms with Crippen LogP contribution in [0.5, 0.6) is 0 Å². The summed E-state index contributed by atoms with van der Waals surface area (Å²) >= 11 is 0. The van der Waals surface area contributed by atoms with E-state index in [1.165, 1.54) is 62.5 Å². The first-order chi connectivity index (χ1) is 13.2. The predicted octanol–water partition coefficient (Wildman–Crippen LogP) is 9.78. The number of allylic oxidation sites excluding steroid dienone is 5. The van der Waals surface area contributed by atoms with Crippen molar-refractivity contribution < 1.29 is 0 Å². The molecule has 0 saturated heterocycles. The largest absolute Gasteiger partial charge is 0.0993 e. The summed E-state index contributed by atoms with van der Waals surface area (Å²) in [7, 11) is 0. The lowest BCUT2D eigenvalue weighted by Gasteiger charge is -2.28. The quantitative estimate of drug-likeness (QED) is 0.149. The zero-order valence-electron chi connectivity index (χ0n) is 20.9. The SMILES string of the molecule is C=C(C(C)CC)C(C)C(CC)CC(C)=C(C)C=CC(CC)CCCCC(C)C. The highest BCUT2D eigenvalue weighted by molar-refractivity contribution is 5.23. The van der Waals surface area contributed by atoms with Gasteiger partial charge in [-0.2, -0.15) is 0 Å². The lowest BCUT2D eigenvalue weighted by Crippen LogP contribution is -2.17. The number of rotatable bonds is 15. The van der Waals surface area contributed by atoms with Gasteiger partial charge in [0, 0.05) is 0 Å². The summed E-state index contributed by atoms with van der Waals surface area (Å²) in [5.41, 5.74) is 4.48. The molecule has 164 valence electrons. The molecule has 0 radical (unpaired) electrons. The smallest absolute Gasteiger partial charge is 0.0200 e. The van der Waals surface area contributed by atoms with E-state index in [2.05, 4.69) is 81.0 Å². The van der Waals surface area contributed by atoms with E-state index in [1.807, 2.05) is 0 Å². The lowest BCUT2D eigenvalue weighted by atomic mass is 9.77. The third kappa shape index (κ3) is 10.7. The number of hydrogen-bond acceptors (Lipinski definition) is 0. The van der Waals surface area contributed by atoms with Crippen LogP contribution in [0.3, 0.4) is 0 Å². The first kappa shape index (κ1) is 27.2. The molecule has 0 heterocycles. The van der Waals surface area contributed by atoms with Crippen LogP contribution in [0.25, 0.3) is 0 Å². The van der Waals surface area contributed by atoms with Gasteiger partial charge in [0.2, 0.25) is 0 Å². The van der Waals surface area contributed by atoms with E-state index in [1.54, 1.807) is 5.57 Å². The van der Waals surface area contributed by atoms with Crippen LogP contribution in [0.1, 0.15) is 114 Å². The molecule has 0 N–H and O–H groups in total. The normalized spacial score (nSPS) is 17.5. The second-order valence-electron chi connectivity index (χ2n) is 9.71. The molecule has 4 atom stereocenters. The molecule has 0 amide bonds. The first-order valence-electron chi connectivity index (χ1n) is 12.2. The van der Waals surface area contributed by atoms with Gasteiger partial charge >= 0.3 is 0 Å². The van der Waals surface area contributed by atoms with Gasteiger partial charge in [-0.25, -0.2) is 0 Å². The molecule has 0 aliphatic carbocycles. The van der Waals surface area contributed by atoms with Crippen molar-refractivity contribution in [2.75, 3.05) is 0 Å². The van der Waals surface area contributed by atoms with Gasteiger partial charge in [-0.15, -0.1) is 0 Å². The third-order valence-corrected chi connectivity index (χ3v) is 7.05. The molecular formula is C28H52. The van der Waals surface area contributed by atoms with Crippen LogP contribution in [0, 0.1) is 29.6 Å². The van der Waals surface area contributed by atoms with E-state index in [-0.39, 0.29) is 0 Å². The first-order valence-corrected chi connectivity index (χ1v) is 12.2. The summed E-state index contributed by atoms with van der Waals surface area (Å²) in [6, 6.07) is 0. The van der Waals surface area contributed by atoms with Crippen molar-refractivity contribution in [3.8, 4) is 0 Å². The average molecular weight is 389 g/mol. The Labute approximate surface area is 179 Å². The number of unbranched alkanes of at least 4 members (excludes halogenated alkanes) is 1. The third-order valence-electron chi connectivity index (χ3n) is 7.05. The molecule has 0 aliphatic rings. The van der Waals surface area contributed by atoms with Crippen molar-refractivity contribution in [3.63, 3.8) is 0 Å². The van der Waals surface area contributed by atoms with Crippen LogP contribution in [-0.4, -0.2) is 0 Å². The molecule has 0 saturated carbocycles. The molecule has 0 fully saturated rings. The maximum Gasteiger partial charge on any atom is -0.0200 e. The van der Waals surface area contributed by atoms with Crippen molar-refractivity contribution in [2.24, 2.45) is 29.6 Å². The van der Waals surface area contributed by atoms with Gasteiger partial charge in [-0.05, 0) is 69.1 Å². The maximum atomic E-state index is 4.43. The molecule has 0 heteroatoms. The molecule has 0 aromatic carbocycles. The molecule has 0 aromatic heterocycles. The zero-order valence-corrected chi connectivity index (χ0v) is 20.9. The van der Waals surface area contributed by atoms with E-state index >= 15 is 0 Å². The molecule has 0 aromatic rings. The molecule has 0 bridgehead atoms. The van der Waals surface area contributed by atoms with E-state index in [0.717, 1.165) is 11.8 Å². The predicted molar refractivity (Wildman–Crippen MR) is 131 cm³/mol. The lowest BCUT2D eigenvalue weighted by molar-refractivity contribution is 0.361. The molecule has 0 aliphatic heterocycles. The topological polar surface area (TPSA) is 0 Å². The van der Waals surface area contributed by atoms with Crippen molar-refractivity contribution in [2.45, 2.75) is 114 Å². The summed E-state index contributed by atoms with van der Waals surface area (Å²) in [5, 5.41) is 0. The van der Waals surface area contributed by atoms with Gasteiger partial charge in [0.25, 0.3) is 0 Å². The van der Waals surface area contributed by atoms with Crippen LogP contribution in [0.15, 0.2) is 35.5 Å². The Morgan fingerprint density at radius 1 is 0.857 bits per heavy atom. The van der Waals surface area contributed by atoms with Crippen LogP contribution < -0.4 is 0 Å². The molecule has 0 nitrogen and oxygen atoms in total. The van der Waals surface area contributed by atoms with E-state index in [4.69, 9.17) is 0 Å². The van der Waals surface area contributed by atoms with Crippen LogP contribution in [-0.2, 0) is 0 Å². The van der Waals surface area contributed by atoms with Crippen LogP contribution >= 0.6 is 0 Å². The standard InChI is InChI=1S/C28H52/c1-11-22(6)25(9)26(10)28(13-3)20-24(8)23(7)18-19-27(12-2)17-15-14-16-21(4)5/h18-19,21-22,26-28H,9,11-17,20H2,1-8,10H3. The van der Waals surface area contributed by atoms with Gasteiger partial charge < -0.3 is 0 Å². The molecule has 0 rings (SSSR count). The van der Waals surface area contributed by atoms with Crippen molar-refractivity contribution >= 4 is 0 Å². The van der Waals surface area contributed by atoms with Crippen LogP contribution in [0.4, 0.5) is 0 Å². The summed E-state index contributed by atoms with van der Waals surface area (Å²) in [5.74, 6) is 3.53. The fraction of sp³-hybridized carbons (Fsp3) is 0.786. The number of hydrogen-bond donors (Lipinski definition) is 0. The Morgan fingerprint density at radius 2 is 1.46 bits per heavy atom. The highest BCUT2D eigenvalue weighted by Gasteiger charge is 2.21. The monoisotopic (exact) mass is 388 g/mol. The van der Waals surface area contributed by atoms with E-state index in [9.17, 15) is 0 Å². The highest BCUT2D eigenvalue weighted by Crippen LogP contribution is 2.33. The fourth-order valence-electron chi connectivity index (χ4n) is 4.06.